The first-order valence-corrected chi connectivity index (χ1v) is 9.50. The number of ether oxygens (including phenoxy) is 1. The van der Waals surface area contributed by atoms with E-state index in [-0.39, 0.29) is 12.3 Å². The Labute approximate surface area is 146 Å². The highest BCUT2D eigenvalue weighted by Crippen LogP contribution is 2.32. The summed E-state index contributed by atoms with van der Waals surface area (Å²) >= 11 is 1.50. The van der Waals surface area contributed by atoms with Crippen LogP contribution in [0.1, 0.15) is 33.1 Å². The summed E-state index contributed by atoms with van der Waals surface area (Å²) < 4.78 is 8.67. The monoisotopic (exact) mass is 351 g/mol. The van der Waals surface area contributed by atoms with Gasteiger partial charge in [-0.05, 0) is 18.6 Å². The molecule has 1 aliphatic rings. The minimum Gasteiger partial charge on any atom is -0.359 e. The normalized spacial score (nSPS) is 13.5. The van der Waals surface area contributed by atoms with Crippen LogP contribution in [-0.2, 0) is 18.5 Å². The first-order valence-electron chi connectivity index (χ1n) is 8.27. The Kier molecular flexibility index (Phi) is 6.99. The summed E-state index contributed by atoms with van der Waals surface area (Å²) in [7, 11) is 1.87. The summed E-state index contributed by atoms with van der Waals surface area (Å²) in [6.45, 7) is 4.88. The lowest BCUT2D eigenvalue weighted by Crippen LogP contribution is -2.23. The van der Waals surface area contributed by atoms with E-state index in [0.717, 1.165) is 17.5 Å². The van der Waals surface area contributed by atoms with Gasteiger partial charge in [0.05, 0.1) is 6.20 Å². The first kappa shape index (κ1) is 18.7. The fourth-order valence-electron chi connectivity index (χ4n) is 2.20. The largest absolute Gasteiger partial charge is 0.359 e. The molecule has 8 heteroatoms. The zero-order valence-corrected chi connectivity index (χ0v) is 15.5. The van der Waals surface area contributed by atoms with E-state index in [9.17, 15) is 4.79 Å². The molecule has 0 spiro atoms. The zero-order valence-electron chi connectivity index (χ0n) is 14.7. The fourth-order valence-corrected chi connectivity index (χ4v) is 2.69. The van der Waals surface area contributed by atoms with Gasteiger partial charge in [0.25, 0.3) is 5.56 Å². The average Bonchev–Trinajstić information content (AvgIpc) is 3.35. The topological polar surface area (TPSA) is 74.8 Å². The van der Waals surface area contributed by atoms with Gasteiger partial charge in [-0.2, -0.15) is 5.10 Å². The van der Waals surface area contributed by atoms with Crippen molar-refractivity contribution >= 4 is 11.8 Å². The van der Waals surface area contributed by atoms with Crippen molar-refractivity contribution in [1.82, 2.24) is 24.5 Å². The second-order valence-corrected chi connectivity index (χ2v) is 6.19. The van der Waals surface area contributed by atoms with E-state index in [1.807, 2.05) is 31.7 Å². The molecule has 1 aliphatic carbocycles. The minimum atomic E-state index is -0.197. The van der Waals surface area contributed by atoms with Crippen molar-refractivity contribution in [3.63, 3.8) is 0 Å². The van der Waals surface area contributed by atoms with Gasteiger partial charge in [0, 0.05) is 25.3 Å². The molecular formula is C16H25N5O2S. The van der Waals surface area contributed by atoms with Crippen LogP contribution in [0.15, 0.2) is 22.2 Å². The Hall–Kier alpha value is -1.67. The number of thioether (sulfide) groups is 1. The van der Waals surface area contributed by atoms with Gasteiger partial charge in [-0.25, -0.2) is 4.68 Å². The summed E-state index contributed by atoms with van der Waals surface area (Å²) in [6, 6.07) is 1.52. The second-order valence-electron chi connectivity index (χ2n) is 5.42. The maximum Gasteiger partial charge on any atom is 0.269 e. The summed E-state index contributed by atoms with van der Waals surface area (Å²) in [6.07, 6.45) is 7.25. The van der Waals surface area contributed by atoms with Gasteiger partial charge in [0.2, 0.25) is 0 Å². The second kappa shape index (κ2) is 8.98. The number of hydrogen-bond donors (Lipinski definition) is 0. The molecule has 0 aliphatic heterocycles. The Morgan fingerprint density at radius 1 is 1.33 bits per heavy atom. The molecule has 0 bridgehead atoms. The Balaban J connectivity index is 0.00000100. The summed E-state index contributed by atoms with van der Waals surface area (Å²) in [5.41, 5.74) is 0.465. The fraction of sp³-hybridized carbons (Fsp3) is 0.625. The molecule has 1 fully saturated rings. The van der Waals surface area contributed by atoms with E-state index >= 15 is 0 Å². The van der Waals surface area contributed by atoms with Gasteiger partial charge in [-0.15, -0.1) is 10.2 Å². The molecule has 2 heterocycles. The lowest BCUT2D eigenvalue weighted by atomic mass is 10.3. The quantitative estimate of drug-likeness (QED) is 0.564. The van der Waals surface area contributed by atoms with Crippen LogP contribution in [0.4, 0.5) is 0 Å². The molecule has 2 aromatic heterocycles. The maximum absolute atomic E-state index is 12.1. The van der Waals surface area contributed by atoms with Crippen molar-refractivity contribution < 1.29 is 4.74 Å². The summed E-state index contributed by atoms with van der Waals surface area (Å²) in [4.78, 5) is 12.1. The van der Waals surface area contributed by atoms with E-state index in [0.29, 0.717) is 18.0 Å². The molecule has 2 aromatic rings. The minimum absolute atomic E-state index is 0.195. The molecule has 132 valence electrons. The number of aromatic nitrogens is 5. The van der Waals surface area contributed by atoms with Crippen LogP contribution in [0.2, 0.25) is 0 Å². The third kappa shape index (κ3) is 4.67. The molecule has 0 aromatic carbocycles. The van der Waals surface area contributed by atoms with Crippen LogP contribution in [0.5, 0.6) is 0 Å². The molecule has 0 radical (unpaired) electrons. The zero-order chi connectivity index (χ0) is 17.5. The number of nitrogens with zero attached hydrogens (tertiary/aromatic N) is 5. The van der Waals surface area contributed by atoms with Gasteiger partial charge >= 0.3 is 0 Å². The molecule has 3 rings (SSSR count). The molecule has 0 unspecified atom stereocenters. The molecule has 7 nitrogen and oxygen atoms in total. The lowest BCUT2D eigenvalue weighted by molar-refractivity contribution is 0.0613. The van der Waals surface area contributed by atoms with Crippen molar-refractivity contribution in [2.45, 2.75) is 45.0 Å². The van der Waals surface area contributed by atoms with Gasteiger partial charge in [0.15, 0.2) is 11.0 Å². The van der Waals surface area contributed by atoms with Crippen molar-refractivity contribution in [2.24, 2.45) is 13.0 Å². The maximum atomic E-state index is 12.1. The SMILES string of the molecule is CC.CSc1nnc(-c2cnn(COCCC3CC3)c(=O)c2)n1C. The molecule has 24 heavy (non-hydrogen) atoms. The molecule has 0 saturated heterocycles. The van der Waals surface area contributed by atoms with Crippen LogP contribution in [0.25, 0.3) is 11.4 Å². The van der Waals surface area contributed by atoms with Crippen molar-refractivity contribution in [1.29, 1.82) is 0 Å². The predicted octanol–water partition coefficient (Wildman–Crippen LogP) is 2.56. The Morgan fingerprint density at radius 3 is 2.67 bits per heavy atom. The third-order valence-corrected chi connectivity index (χ3v) is 4.45. The summed E-state index contributed by atoms with van der Waals surface area (Å²) in [5, 5.41) is 13.1. The molecular weight excluding hydrogens is 326 g/mol. The van der Waals surface area contributed by atoms with E-state index in [2.05, 4.69) is 15.3 Å². The third-order valence-electron chi connectivity index (χ3n) is 3.73. The van der Waals surface area contributed by atoms with Gasteiger partial charge in [-0.1, -0.05) is 38.5 Å². The van der Waals surface area contributed by atoms with E-state index in [4.69, 9.17) is 4.74 Å². The highest BCUT2D eigenvalue weighted by atomic mass is 32.2. The van der Waals surface area contributed by atoms with Crippen molar-refractivity contribution in [3.05, 3.63) is 22.6 Å². The van der Waals surface area contributed by atoms with E-state index < -0.39 is 0 Å². The van der Waals surface area contributed by atoms with Gasteiger partial charge in [0.1, 0.15) is 6.73 Å². The molecule has 1 saturated carbocycles. The van der Waals surface area contributed by atoms with Crippen LogP contribution in [0, 0.1) is 5.92 Å². The highest BCUT2D eigenvalue weighted by Gasteiger charge is 2.20. The number of hydrogen-bond acceptors (Lipinski definition) is 6. The van der Waals surface area contributed by atoms with Crippen LogP contribution < -0.4 is 5.56 Å². The first-order chi connectivity index (χ1) is 11.7. The average molecular weight is 351 g/mol. The van der Waals surface area contributed by atoms with Crippen molar-refractivity contribution in [3.8, 4) is 11.4 Å². The lowest BCUT2D eigenvalue weighted by Gasteiger charge is -2.07. The smallest absolute Gasteiger partial charge is 0.269 e. The molecule has 0 atom stereocenters. The number of rotatable bonds is 7. The van der Waals surface area contributed by atoms with Crippen LogP contribution in [0.3, 0.4) is 0 Å². The standard InChI is InChI=1S/C14H19N5O2S.C2H6/c1-18-13(16-17-14(18)22-2)11-7-12(20)19(15-8-11)9-21-6-5-10-3-4-10;1-2/h7-8,10H,3-6,9H2,1-2H3;1-2H3. The van der Waals surface area contributed by atoms with Crippen LogP contribution in [-0.4, -0.2) is 37.4 Å². The van der Waals surface area contributed by atoms with Gasteiger partial charge < -0.3 is 9.30 Å². The van der Waals surface area contributed by atoms with E-state index in [1.165, 1.54) is 35.4 Å². The van der Waals surface area contributed by atoms with Crippen molar-refractivity contribution in [2.75, 3.05) is 12.9 Å². The van der Waals surface area contributed by atoms with Gasteiger partial charge in [-0.3, -0.25) is 4.79 Å². The van der Waals surface area contributed by atoms with Crippen LogP contribution >= 0.6 is 11.8 Å². The molecule has 0 amide bonds. The molecule has 0 N–H and O–H groups in total. The Morgan fingerprint density at radius 2 is 2.08 bits per heavy atom. The predicted molar refractivity (Wildman–Crippen MR) is 94.9 cm³/mol. The van der Waals surface area contributed by atoms with E-state index in [1.54, 1.807) is 6.20 Å². The highest BCUT2D eigenvalue weighted by molar-refractivity contribution is 7.98. The summed E-state index contributed by atoms with van der Waals surface area (Å²) in [5.74, 6) is 1.46. The Bertz CT molecular complexity index is 709.